The second-order valence-corrected chi connectivity index (χ2v) is 12.9. The number of aromatic nitrogens is 2. The number of amides is 2. The van der Waals surface area contributed by atoms with Crippen LogP contribution in [-0.4, -0.2) is 57.6 Å². The first-order valence-electron chi connectivity index (χ1n) is 14.2. The quantitative estimate of drug-likeness (QED) is 0.158. The van der Waals surface area contributed by atoms with E-state index in [2.05, 4.69) is 65.3 Å². The number of carbonyl (C=O) groups is 2. The molecule has 0 spiro atoms. The van der Waals surface area contributed by atoms with Crippen molar-refractivity contribution in [1.29, 1.82) is 0 Å². The summed E-state index contributed by atoms with van der Waals surface area (Å²) in [6, 6.07) is 12.6. The fourth-order valence-electron chi connectivity index (χ4n) is 5.81. The summed E-state index contributed by atoms with van der Waals surface area (Å²) in [6.45, 7) is 11.8. The van der Waals surface area contributed by atoms with E-state index in [-0.39, 0.29) is 17.7 Å². The number of pyridine rings is 1. The maximum atomic E-state index is 12.2. The van der Waals surface area contributed by atoms with Gasteiger partial charge < -0.3 is 26.0 Å². The van der Waals surface area contributed by atoms with Crippen molar-refractivity contribution >= 4 is 39.5 Å². The summed E-state index contributed by atoms with van der Waals surface area (Å²) in [7, 11) is 0. The molecule has 2 amide bonds. The molecule has 5 N–H and O–H groups in total. The first-order chi connectivity index (χ1) is 19.9. The molecule has 1 aromatic carbocycles. The van der Waals surface area contributed by atoms with Gasteiger partial charge in [-0.05, 0) is 81.1 Å². The van der Waals surface area contributed by atoms with Crippen molar-refractivity contribution in [2.24, 2.45) is 10.7 Å². The molecule has 9 nitrogen and oxygen atoms in total. The number of aliphatic imine (C=N–C) groups is 1. The number of nitrogens with one attached hydrogen (secondary N) is 2. The Hall–Kier alpha value is -4.18. The molecule has 0 saturated carbocycles. The average molecular weight is 587 g/mol. The van der Waals surface area contributed by atoms with Crippen LogP contribution in [0.3, 0.4) is 0 Å². The van der Waals surface area contributed by atoms with Crippen LogP contribution in [0.5, 0.6) is 0 Å². The zero-order valence-electron chi connectivity index (χ0n) is 24.7. The van der Waals surface area contributed by atoms with E-state index in [1.54, 1.807) is 23.7 Å². The van der Waals surface area contributed by atoms with Crippen LogP contribution in [0.1, 0.15) is 66.2 Å². The van der Waals surface area contributed by atoms with Gasteiger partial charge >= 0.3 is 6.09 Å². The third-order valence-electron chi connectivity index (χ3n) is 8.20. The number of carbonyl (C=O) groups excluding carboxylic acids is 1. The number of fused-ring (bicyclic) bond motifs is 1. The minimum Gasteiger partial charge on any atom is -0.463 e. The lowest BCUT2D eigenvalue weighted by Gasteiger charge is -2.24. The summed E-state index contributed by atoms with van der Waals surface area (Å²) >= 11 is 1.55. The number of aromatic amines is 1. The molecule has 1 aliphatic rings. The molecule has 1 unspecified atom stereocenters. The van der Waals surface area contributed by atoms with Gasteiger partial charge in [-0.15, -0.1) is 16.3 Å². The van der Waals surface area contributed by atoms with Gasteiger partial charge in [-0.2, -0.15) is 0 Å². The van der Waals surface area contributed by atoms with E-state index < -0.39 is 11.5 Å². The highest BCUT2D eigenvalue weighted by Crippen LogP contribution is 2.42. The molecule has 1 fully saturated rings. The Morgan fingerprint density at radius 1 is 1.21 bits per heavy atom. The first kappa shape index (κ1) is 29.3. The van der Waals surface area contributed by atoms with E-state index in [0.29, 0.717) is 25.6 Å². The molecule has 3 aromatic heterocycles. The SMILES string of the molecule is Cc1cc(C)cc(-c2[nH]c3sc(C(C)(C)C(N)=O)cc3c2[C@@H](C)CNC(=NC(=O)O)N2CCC(c3ccncc3)C2)c1. The van der Waals surface area contributed by atoms with Gasteiger partial charge in [0.2, 0.25) is 11.9 Å². The van der Waals surface area contributed by atoms with Crippen molar-refractivity contribution in [3.63, 3.8) is 0 Å². The van der Waals surface area contributed by atoms with Crippen molar-refractivity contribution < 1.29 is 14.7 Å². The maximum absolute atomic E-state index is 12.2. The van der Waals surface area contributed by atoms with E-state index in [4.69, 9.17) is 5.73 Å². The number of hydrogen-bond donors (Lipinski definition) is 4. The largest absolute Gasteiger partial charge is 0.463 e. The van der Waals surface area contributed by atoms with E-state index in [1.807, 2.05) is 30.9 Å². The second-order valence-electron chi connectivity index (χ2n) is 11.8. The summed E-state index contributed by atoms with van der Waals surface area (Å²) in [5, 5.41) is 14.0. The predicted octanol–water partition coefficient (Wildman–Crippen LogP) is 5.89. The Labute approximate surface area is 249 Å². The zero-order valence-corrected chi connectivity index (χ0v) is 25.5. The highest BCUT2D eigenvalue weighted by atomic mass is 32.1. The molecule has 1 saturated heterocycles. The van der Waals surface area contributed by atoms with Crippen LogP contribution < -0.4 is 11.1 Å². The Bertz CT molecular complexity index is 1640. The molecule has 1 aliphatic heterocycles. The fraction of sp³-hybridized carbons (Fsp3) is 0.375. The number of primary amides is 1. The molecule has 2 atom stereocenters. The normalized spacial score (nSPS) is 16.6. The van der Waals surface area contributed by atoms with Crippen LogP contribution in [0.15, 0.2) is 53.8 Å². The summed E-state index contributed by atoms with van der Waals surface area (Å²) in [4.78, 5) is 39.6. The van der Waals surface area contributed by atoms with E-state index in [1.165, 1.54) is 16.7 Å². The Morgan fingerprint density at radius 2 is 1.90 bits per heavy atom. The first-order valence-corrected chi connectivity index (χ1v) is 15.0. The monoisotopic (exact) mass is 586 g/mol. The number of guanidine groups is 1. The number of carboxylic acid groups (broad SMARTS) is 1. The van der Waals surface area contributed by atoms with Crippen molar-refractivity contribution in [2.45, 2.75) is 58.3 Å². The second kappa shape index (κ2) is 11.6. The highest BCUT2D eigenvalue weighted by molar-refractivity contribution is 7.19. The minimum atomic E-state index is -1.23. The van der Waals surface area contributed by atoms with Crippen LogP contribution in [0.25, 0.3) is 21.5 Å². The van der Waals surface area contributed by atoms with Gasteiger partial charge in [0.25, 0.3) is 0 Å². The fourth-order valence-corrected chi connectivity index (χ4v) is 6.99. The van der Waals surface area contributed by atoms with Crippen molar-refractivity contribution in [2.75, 3.05) is 19.6 Å². The molecule has 5 rings (SSSR count). The van der Waals surface area contributed by atoms with E-state index in [9.17, 15) is 14.7 Å². The minimum absolute atomic E-state index is 0.0219. The lowest BCUT2D eigenvalue weighted by molar-refractivity contribution is -0.122. The van der Waals surface area contributed by atoms with Crippen molar-refractivity contribution in [3.05, 3.63) is 75.9 Å². The Balaban J connectivity index is 1.47. The smallest absolute Gasteiger partial charge is 0.434 e. The molecule has 10 heteroatoms. The highest BCUT2D eigenvalue weighted by Gasteiger charge is 2.32. The maximum Gasteiger partial charge on any atom is 0.434 e. The van der Waals surface area contributed by atoms with Gasteiger partial charge in [-0.25, -0.2) is 4.79 Å². The van der Waals surface area contributed by atoms with Gasteiger partial charge in [0.15, 0.2) is 0 Å². The van der Waals surface area contributed by atoms with Crippen LogP contribution >= 0.6 is 11.3 Å². The molecule has 0 bridgehead atoms. The molecular formula is C32H38N6O3S. The van der Waals surface area contributed by atoms with Crippen LogP contribution in [-0.2, 0) is 10.2 Å². The third kappa shape index (κ3) is 5.90. The number of benzene rings is 1. The molecule has 0 aliphatic carbocycles. The van der Waals surface area contributed by atoms with Crippen molar-refractivity contribution in [3.8, 4) is 11.3 Å². The number of H-pyrrole nitrogens is 1. The number of aryl methyl sites for hydroxylation is 2. The van der Waals surface area contributed by atoms with Gasteiger partial charge in [0.1, 0.15) is 4.83 Å². The van der Waals surface area contributed by atoms with Gasteiger partial charge in [-0.1, -0.05) is 24.1 Å². The average Bonchev–Trinajstić information content (AvgIpc) is 3.66. The van der Waals surface area contributed by atoms with Gasteiger partial charge in [-0.3, -0.25) is 9.78 Å². The Kier molecular flexibility index (Phi) is 8.10. The van der Waals surface area contributed by atoms with Gasteiger partial charge in [0.05, 0.1) is 11.1 Å². The molecule has 4 aromatic rings. The van der Waals surface area contributed by atoms with Gasteiger partial charge in [0, 0.05) is 54.1 Å². The molecular weight excluding hydrogens is 548 g/mol. The predicted molar refractivity (Wildman–Crippen MR) is 168 cm³/mol. The number of thiophene rings is 1. The molecule has 4 heterocycles. The number of nitrogens with zero attached hydrogens (tertiary/aromatic N) is 3. The van der Waals surface area contributed by atoms with E-state index in [0.717, 1.165) is 38.3 Å². The number of rotatable bonds is 7. The zero-order chi connectivity index (χ0) is 30.2. The van der Waals surface area contributed by atoms with Crippen LogP contribution in [0.2, 0.25) is 0 Å². The Morgan fingerprint density at radius 3 is 2.55 bits per heavy atom. The van der Waals surface area contributed by atoms with Crippen LogP contribution in [0, 0.1) is 13.8 Å². The number of likely N-dealkylation sites (tertiary alicyclic amines) is 1. The van der Waals surface area contributed by atoms with Crippen LogP contribution in [0.4, 0.5) is 4.79 Å². The summed E-state index contributed by atoms with van der Waals surface area (Å²) in [5.41, 5.74) is 11.7. The third-order valence-corrected chi connectivity index (χ3v) is 9.57. The molecule has 220 valence electrons. The van der Waals surface area contributed by atoms with Crippen molar-refractivity contribution in [1.82, 2.24) is 20.2 Å². The lowest BCUT2D eigenvalue weighted by atomic mass is 9.89. The summed E-state index contributed by atoms with van der Waals surface area (Å²) in [6.07, 6.45) is 3.25. The number of nitrogens with two attached hydrogens (primary N) is 1. The molecule has 42 heavy (non-hydrogen) atoms. The van der Waals surface area contributed by atoms with E-state index >= 15 is 0 Å². The lowest BCUT2D eigenvalue weighted by Crippen LogP contribution is -2.42. The summed E-state index contributed by atoms with van der Waals surface area (Å²) < 4.78 is 0. The standard InChI is InChI=1S/C32H38N6O3S/c1-18-12-19(2)14-23(13-18)27-26(24-15-25(42-28(24)36-27)32(4,5)29(33)39)20(3)16-35-30(37-31(40)41)38-11-8-22(17-38)21-6-9-34-10-7-21/h6-7,9-10,12-15,20,22,36H,8,11,16-17H2,1-5H3,(H2,33,39)(H,35,37)(H,40,41)/t20-,22?/m0/s1. The number of hydrogen-bond acceptors (Lipinski definition) is 4. The topological polar surface area (TPSA) is 137 Å². The molecule has 0 radical (unpaired) electrons. The summed E-state index contributed by atoms with van der Waals surface area (Å²) in [5.74, 6) is 0.254.